The van der Waals surface area contributed by atoms with E-state index in [1.807, 2.05) is 0 Å². The van der Waals surface area contributed by atoms with Gasteiger partial charge in [0, 0.05) is 5.33 Å². The van der Waals surface area contributed by atoms with Crippen LogP contribution in [-0.2, 0) is 0 Å². The number of hydrogen-bond donors (Lipinski definition) is 0. The van der Waals surface area contributed by atoms with Crippen LogP contribution in [0.25, 0.3) is 0 Å². The second-order valence-corrected chi connectivity index (χ2v) is 4.91. The monoisotopic (exact) mass is 257 g/mol. The minimum Gasteiger partial charge on any atom is -1.00 e. The van der Waals surface area contributed by atoms with E-state index in [-0.39, 0.29) is 12.4 Å². The summed E-state index contributed by atoms with van der Waals surface area (Å²) in [5, 5.41) is 1.16. The van der Waals surface area contributed by atoms with Gasteiger partial charge < -0.3 is 16.9 Å². The van der Waals surface area contributed by atoms with Crippen molar-refractivity contribution in [2.75, 3.05) is 33.0 Å². The second-order valence-electron chi connectivity index (χ2n) is 4.12. The van der Waals surface area contributed by atoms with Crippen LogP contribution >= 0.6 is 15.9 Å². The molecule has 1 nitrogen and oxygen atoms in total. The van der Waals surface area contributed by atoms with E-state index < -0.39 is 0 Å². The Bertz CT molecular complexity index is 91.0. The molecule has 0 N–H and O–H groups in total. The van der Waals surface area contributed by atoms with Crippen molar-refractivity contribution in [1.82, 2.24) is 0 Å². The molecule has 0 aromatic rings. The van der Waals surface area contributed by atoms with E-state index in [9.17, 15) is 0 Å². The minimum absolute atomic E-state index is 0. The van der Waals surface area contributed by atoms with Crippen molar-refractivity contribution in [3.63, 3.8) is 0 Å². The van der Waals surface area contributed by atoms with Gasteiger partial charge in [-0.2, -0.15) is 0 Å². The van der Waals surface area contributed by atoms with E-state index >= 15 is 0 Å². The van der Waals surface area contributed by atoms with Gasteiger partial charge in [-0.05, 0) is 19.3 Å². The summed E-state index contributed by atoms with van der Waals surface area (Å²) < 4.78 is 1.11. The van der Waals surface area contributed by atoms with Crippen LogP contribution in [0.5, 0.6) is 0 Å². The fourth-order valence-electron chi connectivity index (χ4n) is 1.03. The molecule has 0 radical (unpaired) electrons. The van der Waals surface area contributed by atoms with Crippen LogP contribution in [0.1, 0.15) is 25.7 Å². The third kappa shape index (κ3) is 13.3. The third-order valence-corrected chi connectivity index (χ3v) is 2.27. The van der Waals surface area contributed by atoms with Crippen LogP contribution in [-0.4, -0.2) is 37.5 Å². The Morgan fingerprint density at radius 3 is 1.83 bits per heavy atom. The number of rotatable bonds is 6. The van der Waals surface area contributed by atoms with Gasteiger partial charge in [0.15, 0.2) is 0 Å². The number of unbranched alkanes of at least 4 members (excludes halogenated alkanes) is 3. The molecule has 0 spiro atoms. The molecule has 0 fully saturated rings. The fraction of sp³-hybridized carbons (Fsp3) is 1.00. The predicted octanol–water partition coefficient (Wildman–Crippen LogP) is -0.348. The molecule has 0 atom stereocenters. The van der Waals surface area contributed by atoms with Crippen molar-refractivity contribution < 1.29 is 16.9 Å². The highest BCUT2D eigenvalue weighted by molar-refractivity contribution is 9.09. The van der Waals surface area contributed by atoms with Gasteiger partial charge in [-0.3, -0.25) is 0 Å². The van der Waals surface area contributed by atoms with Crippen molar-refractivity contribution in [1.29, 1.82) is 0 Å². The average molecular weight is 259 g/mol. The van der Waals surface area contributed by atoms with Crippen molar-refractivity contribution >= 4 is 15.9 Å². The van der Waals surface area contributed by atoms with E-state index in [0.717, 1.165) is 9.81 Å². The Morgan fingerprint density at radius 2 is 1.42 bits per heavy atom. The van der Waals surface area contributed by atoms with Gasteiger partial charge in [0.25, 0.3) is 0 Å². The van der Waals surface area contributed by atoms with Crippen LogP contribution in [0, 0.1) is 0 Å². The summed E-state index contributed by atoms with van der Waals surface area (Å²) >= 11 is 3.44. The Morgan fingerprint density at radius 1 is 0.917 bits per heavy atom. The van der Waals surface area contributed by atoms with Crippen molar-refractivity contribution in [2.45, 2.75) is 25.7 Å². The molecule has 12 heavy (non-hydrogen) atoms. The SMILES string of the molecule is C[N+](C)(C)CCCCCCBr.[Cl-]. The van der Waals surface area contributed by atoms with E-state index in [1.165, 1.54) is 32.2 Å². The molecular formula is C9H21BrClN. The molecule has 0 saturated heterocycles. The molecule has 0 aliphatic rings. The summed E-state index contributed by atoms with van der Waals surface area (Å²) in [6.07, 6.45) is 5.47. The molecule has 0 unspecified atom stereocenters. The molecule has 76 valence electrons. The zero-order valence-corrected chi connectivity index (χ0v) is 10.8. The van der Waals surface area contributed by atoms with E-state index in [0.29, 0.717) is 0 Å². The van der Waals surface area contributed by atoms with Crippen LogP contribution < -0.4 is 12.4 Å². The van der Waals surface area contributed by atoms with Gasteiger partial charge >= 0.3 is 0 Å². The van der Waals surface area contributed by atoms with Gasteiger partial charge in [-0.15, -0.1) is 0 Å². The lowest BCUT2D eigenvalue weighted by atomic mass is 10.2. The van der Waals surface area contributed by atoms with Crippen molar-refractivity contribution in [3.05, 3.63) is 0 Å². The second kappa shape index (κ2) is 8.33. The largest absolute Gasteiger partial charge is 1.00 e. The lowest BCUT2D eigenvalue weighted by molar-refractivity contribution is -0.870. The van der Waals surface area contributed by atoms with Crippen LogP contribution in [0.2, 0.25) is 0 Å². The summed E-state index contributed by atoms with van der Waals surface area (Å²) in [6, 6.07) is 0. The molecule has 3 heteroatoms. The number of halogens is 2. The lowest BCUT2D eigenvalue weighted by Gasteiger charge is -2.23. The Labute approximate surface area is 91.6 Å². The van der Waals surface area contributed by atoms with Gasteiger partial charge in [-0.25, -0.2) is 0 Å². The van der Waals surface area contributed by atoms with E-state index in [4.69, 9.17) is 0 Å². The van der Waals surface area contributed by atoms with Gasteiger partial charge in [0.1, 0.15) is 0 Å². The molecule has 0 aliphatic carbocycles. The maximum Gasteiger partial charge on any atom is 0.0780 e. The summed E-state index contributed by atoms with van der Waals surface area (Å²) in [4.78, 5) is 0. The maximum absolute atomic E-state index is 3.44. The minimum atomic E-state index is 0. The molecule has 0 heterocycles. The van der Waals surface area contributed by atoms with Crippen molar-refractivity contribution in [3.8, 4) is 0 Å². The number of hydrogen-bond acceptors (Lipinski definition) is 0. The Hall–Kier alpha value is 0.730. The smallest absolute Gasteiger partial charge is 0.0780 e. The quantitative estimate of drug-likeness (QED) is 0.347. The molecular weight excluding hydrogens is 237 g/mol. The highest BCUT2D eigenvalue weighted by Gasteiger charge is 2.04. The standard InChI is InChI=1S/C9H21BrN.ClH/c1-11(2,3)9-7-5-4-6-8-10;/h4-9H2,1-3H3;1H/q+1;/p-1. The molecule has 0 amide bonds. The first-order chi connectivity index (χ1) is 5.06. The summed E-state index contributed by atoms with van der Waals surface area (Å²) in [5.41, 5.74) is 0. The van der Waals surface area contributed by atoms with Gasteiger partial charge in [0.05, 0.1) is 27.7 Å². The van der Waals surface area contributed by atoms with Crippen molar-refractivity contribution in [2.24, 2.45) is 0 Å². The molecule has 0 saturated carbocycles. The highest BCUT2D eigenvalue weighted by atomic mass is 79.9. The zero-order valence-electron chi connectivity index (χ0n) is 8.45. The first-order valence-corrected chi connectivity index (χ1v) is 5.55. The number of alkyl halides is 1. The first-order valence-electron chi connectivity index (χ1n) is 4.43. The summed E-state index contributed by atoms with van der Waals surface area (Å²) in [6.45, 7) is 1.31. The third-order valence-electron chi connectivity index (χ3n) is 1.71. The summed E-state index contributed by atoms with van der Waals surface area (Å²) in [5.74, 6) is 0. The molecule has 0 bridgehead atoms. The Balaban J connectivity index is 0. The highest BCUT2D eigenvalue weighted by Crippen LogP contribution is 2.04. The summed E-state index contributed by atoms with van der Waals surface area (Å²) in [7, 11) is 6.76. The fourth-order valence-corrected chi connectivity index (χ4v) is 1.43. The topological polar surface area (TPSA) is 0 Å². The van der Waals surface area contributed by atoms with Crippen LogP contribution in [0.3, 0.4) is 0 Å². The molecule has 0 aromatic heterocycles. The van der Waals surface area contributed by atoms with Crippen LogP contribution in [0.4, 0.5) is 0 Å². The zero-order chi connectivity index (χ0) is 8.74. The number of quaternary nitrogens is 1. The normalized spacial score (nSPS) is 11.0. The van der Waals surface area contributed by atoms with Gasteiger partial charge in [-0.1, -0.05) is 22.4 Å². The average Bonchev–Trinajstić information content (AvgIpc) is 1.85. The predicted molar refractivity (Wildman–Crippen MR) is 55.2 cm³/mol. The lowest BCUT2D eigenvalue weighted by Crippen LogP contribution is -3.00. The first kappa shape index (κ1) is 15.2. The maximum atomic E-state index is 3.44. The molecule has 0 aliphatic heterocycles. The molecule has 0 rings (SSSR count). The Kier molecular flexibility index (Phi) is 10.6. The van der Waals surface area contributed by atoms with E-state index in [1.54, 1.807) is 0 Å². The van der Waals surface area contributed by atoms with Crippen LogP contribution in [0.15, 0.2) is 0 Å². The van der Waals surface area contributed by atoms with E-state index in [2.05, 4.69) is 37.1 Å². The molecule has 0 aromatic carbocycles. The van der Waals surface area contributed by atoms with Gasteiger partial charge in [0.2, 0.25) is 0 Å². The number of nitrogens with zero attached hydrogens (tertiary/aromatic N) is 1.